The fourth-order valence-electron chi connectivity index (χ4n) is 1.63. The molecule has 17 heavy (non-hydrogen) atoms. The lowest BCUT2D eigenvalue weighted by molar-refractivity contribution is 0.187. The first-order valence-electron chi connectivity index (χ1n) is 5.67. The Labute approximate surface area is 100 Å². The van der Waals surface area contributed by atoms with Crippen LogP contribution in [0.5, 0.6) is 0 Å². The van der Waals surface area contributed by atoms with Crippen LogP contribution < -0.4 is 5.73 Å². The zero-order valence-corrected chi connectivity index (χ0v) is 10.4. The predicted molar refractivity (Wildman–Crippen MR) is 65.7 cm³/mol. The topological polar surface area (TPSA) is 76.4 Å². The molecule has 0 spiro atoms. The number of pyridine rings is 1. The Kier molecular flexibility index (Phi) is 2.89. The minimum atomic E-state index is -0.698. The van der Waals surface area contributed by atoms with Gasteiger partial charge in [-0.2, -0.15) is 5.10 Å². The van der Waals surface area contributed by atoms with E-state index >= 15 is 0 Å². The summed E-state index contributed by atoms with van der Waals surface area (Å²) in [6.07, 6.45) is 1.13. The second-order valence-electron chi connectivity index (χ2n) is 5.17. The number of aliphatic hydroxyl groups excluding tert-OH is 1. The lowest BCUT2D eigenvalue weighted by atomic mass is 9.96. The molecule has 0 bridgehead atoms. The Balaban J connectivity index is 2.61. The monoisotopic (exact) mass is 234 g/mol. The molecular weight excluding hydrogens is 216 g/mol. The molecule has 0 amide bonds. The van der Waals surface area contributed by atoms with Crippen molar-refractivity contribution in [3.8, 4) is 0 Å². The lowest BCUT2D eigenvalue weighted by Crippen LogP contribution is -2.13. The van der Waals surface area contributed by atoms with Gasteiger partial charge in [-0.25, -0.2) is 9.50 Å². The smallest absolute Gasteiger partial charge is 0.161 e. The Morgan fingerprint density at radius 3 is 2.76 bits per heavy atom. The van der Waals surface area contributed by atoms with E-state index in [1.54, 1.807) is 4.52 Å². The van der Waals surface area contributed by atoms with Crippen LogP contribution >= 0.6 is 0 Å². The highest BCUT2D eigenvalue weighted by atomic mass is 16.3. The van der Waals surface area contributed by atoms with Gasteiger partial charge in [0, 0.05) is 23.7 Å². The molecule has 0 saturated heterocycles. The van der Waals surface area contributed by atoms with Crippen molar-refractivity contribution in [3.05, 3.63) is 29.7 Å². The zero-order chi connectivity index (χ0) is 12.6. The Morgan fingerprint density at radius 2 is 2.18 bits per heavy atom. The summed E-state index contributed by atoms with van der Waals surface area (Å²) in [4.78, 5) is 4.49. The third kappa shape index (κ3) is 2.16. The summed E-state index contributed by atoms with van der Waals surface area (Å²) < 4.78 is 1.69. The molecule has 0 radical (unpaired) electrons. The Hall–Kier alpha value is -1.46. The largest absolute Gasteiger partial charge is 0.387 e. The standard InChI is InChI=1S/C12H18N4O/c1-12(2,3)11-14-10-8(9(17)7-13)5-4-6-16(10)15-11/h4-6,9,17H,7,13H2,1-3H3. The van der Waals surface area contributed by atoms with Crippen LogP contribution in [-0.4, -0.2) is 26.2 Å². The van der Waals surface area contributed by atoms with Gasteiger partial charge >= 0.3 is 0 Å². The lowest BCUT2D eigenvalue weighted by Gasteiger charge is -2.11. The van der Waals surface area contributed by atoms with E-state index in [2.05, 4.69) is 30.9 Å². The fraction of sp³-hybridized carbons (Fsp3) is 0.500. The maximum Gasteiger partial charge on any atom is 0.161 e. The Bertz CT molecular complexity index is 527. The van der Waals surface area contributed by atoms with Gasteiger partial charge in [0.25, 0.3) is 0 Å². The van der Waals surface area contributed by atoms with Crippen molar-refractivity contribution in [2.24, 2.45) is 5.73 Å². The highest BCUT2D eigenvalue weighted by Crippen LogP contribution is 2.22. The molecule has 5 heteroatoms. The summed E-state index contributed by atoms with van der Waals surface area (Å²) in [5.74, 6) is 0.758. The second kappa shape index (κ2) is 4.09. The van der Waals surface area contributed by atoms with Gasteiger partial charge in [0.2, 0.25) is 0 Å². The summed E-state index contributed by atoms with van der Waals surface area (Å²) >= 11 is 0. The van der Waals surface area contributed by atoms with Crippen molar-refractivity contribution in [1.29, 1.82) is 0 Å². The van der Waals surface area contributed by atoms with Crippen molar-refractivity contribution < 1.29 is 5.11 Å². The first-order chi connectivity index (χ1) is 7.93. The average molecular weight is 234 g/mol. The molecule has 0 saturated carbocycles. The number of aliphatic hydroxyl groups is 1. The van der Waals surface area contributed by atoms with E-state index in [-0.39, 0.29) is 12.0 Å². The van der Waals surface area contributed by atoms with Crippen molar-refractivity contribution in [3.63, 3.8) is 0 Å². The van der Waals surface area contributed by atoms with Crippen LogP contribution in [0.3, 0.4) is 0 Å². The molecule has 92 valence electrons. The SMILES string of the molecule is CC(C)(C)c1nc2c(C(O)CN)cccn2n1. The third-order valence-electron chi connectivity index (χ3n) is 2.65. The maximum atomic E-state index is 9.83. The van der Waals surface area contributed by atoms with Gasteiger partial charge in [0.05, 0.1) is 6.10 Å². The van der Waals surface area contributed by atoms with E-state index in [1.807, 2.05) is 18.3 Å². The van der Waals surface area contributed by atoms with E-state index in [0.29, 0.717) is 5.65 Å². The van der Waals surface area contributed by atoms with Gasteiger partial charge in [-0.3, -0.25) is 0 Å². The van der Waals surface area contributed by atoms with Crippen molar-refractivity contribution >= 4 is 5.65 Å². The first kappa shape index (κ1) is 12.0. The minimum absolute atomic E-state index is 0.114. The zero-order valence-electron chi connectivity index (χ0n) is 10.4. The van der Waals surface area contributed by atoms with Crippen molar-refractivity contribution in [1.82, 2.24) is 14.6 Å². The fourth-order valence-corrected chi connectivity index (χ4v) is 1.63. The summed E-state index contributed by atoms with van der Waals surface area (Å²) in [6, 6.07) is 3.66. The molecule has 0 aliphatic carbocycles. The van der Waals surface area contributed by atoms with E-state index in [4.69, 9.17) is 5.73 Å². The molecule has 0 aliphatic heterocycles. The van der Waals surface area contributed by atoms with E-state index < -0.39 is 6.10 Å². The van der Waals surface area contributed by atoms with Crippen molar-refractivity contribution in [2.45, 2.75) is 32.3 Å². The minimum Gasteiger partial charge on any atom is -0.387 e. The predicted octanol–water partition coefficient (Wildman–Crippen LogP) is 1.02. The van der Waals surface area contributed by atoms with Gasteiger partial charge in [0.1, 0.15) is 0 Å². The highest BCUT2D eigenvalue weighted by Gasteiger charge is 2.21. The molecular formula is C12H18N4O. The molecule has 0 fully saturated rings. The van der Waals surface area contributed by atoms with Crippen molar-refractivity contribution in [2.75, 3.05) is 6.54 Å². The number of hydrogen-bond donors (Lipinski definition) is 2. The van der Waals surface area contributed by atoms with Crippen LogP contribution in [0.2, 0.25) is 0 Å². The van der Waals surface area contributed by atoms with Crippen LogP contribution in [0.4, 0.5) is 0 Å². The summed E-state index contributed by atoms with van der Waals surface area (Å²) in [6.45, 7) is 6.35. The van der Waals surface area contributed by atoms with Crippen LogP contribution in [0, 0.1) is 0 Å². The molecule has 2 aromatic heterocycles. The van der Waals surface area contributed by atoms with Gasteiger partial charge in [0.15, 0.2) is 11.5 Å². The molecule has 2 rings (SSSR count). The average Bonchev–Trinajstić information content (AvgIpc) is 2.71. The van der Waals surface area contributed by atoms with Crippen LogP contribution in [-0.2, 0) is 5.41 Å². The van der Waals surface area contributed by atoms with Gasteiger partial charge < -0.3 is 10.8 Å². The highest BCUT2D eigenvalue weighted by molar-refractivity contribution is 5.48. The summed E-state index contributed by atoms with van der Waals surface area (Å²) in [5.41, 5.74) is 6.76. The maximum absolute atomic E-state index is 9.83. The summed E-state index contributed by atoms with van der Waals surface area (Å²) in [7, 11) is 0. The summed E-state index contributed by atoms with van der Waals surface area (Å²) in [5, 5.41) is 14.2. The number of fused-ring (bicyclic) bond motifs is 1. The number of nitrogens with zero attached hydrogens (tertiary/aromatic N) is 3. The molecule has 1 unspecified atom stereocenters. The first-order valence-corrected chi connectivity index (χ1v) is 5.67. The molecule has 0 aliphatic rings. The number of hydrogen-bond acceptors (Lipinski definition) is 4. The normalized spacial score (nSPS) is 14.2. The second-order valence-corrected chi connectivity index (χ2v) is 5.17. The van der Waals surface area contributed by atoms with Crippen LogP contribution in [0.25, 0.3) is 5.65 Å². The van der Waals surface area contributed by atoms with Gasteiger partial charge in [-0.1, -0.05) is 26.8 Å². The molecule has 0 aromatic carbocycles. The molecule has 2 aromatic rings. The molecule has 2 heterocycles. The number of nitrogens with two attached hydrogens (primary N) is 1. The van der Waals surface area contributed by atoms with Crippen LogP contribution in [0.1, 0.15) is 38.3 Å². The molecule has 3 N–H and O–H groups in total. The third-order valence-corrected chi connectivity index (χ3v) is 2.65. The van der Waals surface area contributed by atoms with Gasteiger partial charge in [-0.05, 0) is 6.07 Å². The Morgan fingerprint density at radius 1 is 1.47 bits per heavy atom. The van der Waals surface area contributed by atoms with E-state index in [9.17, 15) is 5.11 Å². The van der Waals surface area contributed by atoms with Crippen LogP contribution in [0.15, 0.2) is 18.3 Å². The number of rotatable bonds is 2. The number of aromatic nitrogens is 3. The van der Waals surface area contributed by atoms with E-state index in [0.717, 1.165) is 11.4 Å². The van der Waals surface area contributed by atoms with E-state index in [1.165, 1.54) is 0 Å². The molecule has 5 nitrogen and oxygen atoms in total. The quantitative estimate of drug-likeness (QED) is 0.813. The molecule has 1 atom stereocenters. The van der Waals surface area contributed by atoms with Gasteiger partial charge in [-0.15, -0.1) is 0 Å².